The zero-order valence-corrected chi connectivity index (χ0v) is 14.0. The second-order valence-corrected chi connectivity index (χ2v) is 6.16. The Morgan fingerprint density at radius 2 is 2.00 bits per heavy atom. The molecule has 0 saturated heterocycles. The molecule has 1 aromatic carbocycles. The van der Waals surface area contributed by atoms with Crippen LogP contribution in [0.4, 0.5) is 0 Å². The minimum Gasteiger partial charge on any atom is -0.324 e. The molecule has 0 bridgehead atoms. The molecule has 2 aromatic rings. The first kappa shape index (κ1) is 14.9. The van der Waals surface area contributed by atoms with Gasteiger partial charge >= 0.3 is 0 Å². The first-order valence-corrected chi connectivity index (χ1v) is 8.17. The summed E-state index contributed by atoms with van der Waals surface area (Å²) in [5.41, 5.74) is 2.20. The molecular formula is C15H20BrClN2. The van der Waals surface area contributed by atoms with Crippen molar-refractivity contribution in [3.05, 3.63) is 28.5 Å². The van der Waals surface area contributed by atoms with Crippen molar-refractivity contribution in [1.82, 2.24) is 9.55 Å². The van der Waals surface area contributed by atoms with Crippen molar-refractivity contribution in [2.45, 2.75) is 45.5 Å². The van der Waals surface area contributed by atoms with Crippen molar-refractivity contribution in [3.63, 3.8) is 0 Å². The lowest BCUT2D eigenvalue weighted by atomic mass is 9.95. The van der Waals surface area contributed by atoms with Crippen molar-refractivity contribution >= 4 is 38.6 Å². The minimum atomic E-state index is 0.426. The van der Waals surface area contributed by atoms with E-state index >= 15 is 0 Å². The highest BCUT2D eigenvalue weighted by atomic mass is 79.9. The van der Waals surface area contributed by atoms with E-state index in [1.165, 1.54) is 18.4 Å². The zero-order valence-electron chi connectivity index (χ0n) is 11.7. The molecule has 0 aliphatic carbocycles. The molecule has 104 valence electrons. The Kier molecular flexibility index (Phi) is 4.91. The Morgan fingerprint density at radius 1 is 1.32 bits per heavy atom. The number of nitrogens with zero attached hydrogens (tertiary/aromatic N) is 2. The molecule has 0 N–H and O–H groups in total. The number of aromatic nitrogens is 2. The Balaban J connectivity index is 2.57. The maximum atomic E-state index is 6.08. The second kappa shape index (κ2) is 6.27. The van der Waals surface area contributed by atoms with Crippen molar-refractivity contribution in [1.29, 1.82) is 0 Å². The van der Waals surface area contributed by atoms with E-state index in [0.717, 1.165) is 15.8 Å². The van der Waals surface area contributed by atoms with Crippen molar-refractivity contribution < 1.29 is 0 Å². The van der Waals surface area contributed by atoms with E-state index in [2.05, 4.69) is 64.5 Å². The molecule has 0 radical (unpaired) electrons. The van der Waals surface area contributed by atoms with Gasteiger partial charge in [0.05, 0.1) is 16.9 Å². The maximum absolute atomic E-state index is 6.08. The maximum Gasteiger partial charge on any atom is 0.125 e. The fourth-order valence-corrected chi connectivity index (χ4v) is 3.39. The predicted molar refractivity (Wildman–Crippen MR) is 85.8 cm³/mol. The number of benzene rings is 1. The van der Waals surface area contributed by atoms with Gasteiger partial charge in [0.1, 0.15) is 5.82 Å². The molecule has 0 amide bonds. The van der Waals surface area contributed by atoms with Crippen LogP contribution in [0.15, 0.2) is 22.7 Å². The van der Waals surface area contributed by atoms with Gasteiger partial charge < -0.3 is 4.57 Å². The quantitative estimate of drug-likeness (QED) is 0.652. The van der Waals surface area contributed by atoms with Gasteiger partial charge in [0.15, 0.2) is 0 Å². The molecule has 1 atom stereocenters. The van der Waals surface area contributed by atoms with E-state index < -0.39 is 0 Å². The summed E-state index contributed by atoms with van der Waals surface area (Å²) in [6.45, 7) is 6.78. The van der Waals surface area contributed by atoms with E-state index in [-0.39, 0.29) is 0 Å². The van der Waals surface area contributed by atoms with E-state index in [0.29, 0.717) is 17.8 Å². The standard InChI is InChI=1S/C15H20BrClN2/c1-4-11(5-2)10(3)19-14-7-6-12(16)8-13(14)18-15(19)9-17/h6-8,10-11H,4-5,9H2,1-3H3. The van der Waals surface area contributed by atoms with Gasteiger partial charge in [-0.25, -0.2) is 4.98 Å². The topological polar surface area (TPSA) is 17.8 Å². The van der Waals surface area contributed by atoms with Gasteiger partial charge in [0.25, 0.3) is 0 Å². The van der Waals surface area contributed by atoms with Crippen LogP contribution < -0.4 is 0 Å². The van der Waals surface area contributed by atoms with Gasteiger partial charge in [0.2, 0.25) is 0 Å². The van der Waals surface area contributed by atoms with E-state index in [9.17, 15) is 0 Å². The second-order valence-electron chi connectivity index (χ2n) is 4.98. The Bertz CT molecular complexity index is 561. The van der Waals surface area contributed by atoms with Crippen LogP contribution >= 0.6 is 27.5 Å². The molecule has 19 heavy (non-hydrogen) atoms. The average Bonchev–Trinajstić information content (AvgIpc) is 2.77. The van der Waals surface area contributed by atoms with Crippen LogP contribution in [0.2, 0.25) is 0 Å². The summed E-state index contributed by atoms with van der Waals surface area (Å²) in [4.78, 5) is 4.67. The monoisotopic (exact) mass is 342 g/mol. The number of hydrogen-bond donors (Lipinski definition) is 0. The van der Waals surface area contributed by atoms with Crippen LogP contribution in [0.3, 0.4) is 0 Å². The number of hydrogen-bond acceptors (Lipinski definition) is 1. The van der Waals surface area contributed by atoms with E-state index in [1.807, 2.05) is 0 Å². The molecule has 0 saturated carbocycles. The summed E-state index contributed by atoms with van der Waals surface area (Å²) in [6, 6.07) is 6.68. The number of fused-ring (bicyclic) bond motifs is 1. The number of alkyl halides is 1. The fourth-order valence-electron chi connectivity index (χ4n) is 2.85. The molecule has 0 aliphatic rings. The van der Waals surface area contributed by atoms with Gasteiger partial charge in [-0.1, -0.05) is 42.6 Å². The lowest BCUT2D eigenvalue weighted by Crippen LogP contribution is -2.17. The number of rotatable bonds is 5. The third-order valence-electron chi connectivity index (χ3n) is 3.98. The zero-order chi connectivity index (χ0) is 14.0. The highest BCUT2D eigenvalue weighted by Crippen LogP contribution is 2.31. The summed E-state index contributed by atoms with van der Waals surface area (Å²) >= 11 is 9.58. The number of halogens is 2. The van der Waals surface area contributed by atoms with Crippen LogP contribution in [0.1, 0.15) is 45.5 Å². The minimum absolute atomic E-state index is 0.426. The first-order valence-electron chi connectivity index (χ1n) is 6.84. The summed E-state index contributed by atoms with van der Waals surface area (Å²) in [5.74, 6) is 2.08. The van der Waals surface area contributed by atoms with Crippen molar-refractivity contribution in [2.24, 2.45) is 5.92 Å². The Hall–Kier alpha value is -0.540. The van der Waals surface area contributed by atoms with Crippen LogP contribution in [0.25, 0.3) is 11.0 Å². The van der Waals surface area contributed by atoms with Crippen LogP contribution in [0.5, 0.6) is 0 Å². The van der Waals surface area contributed by atoms with Gasteiger partial charge in [-0.15, -0.1) is 11.6 Å². The average molecular weight is 344 g/mol. The Labute approximate surface area is 128 Å². The summed E-state index contributed by atoms with van der Waals surface area (Å²) in [6.07, 6.45) is 2.35. The van der Waals surface area contributed by atoms with Gasteiger partial charge in [-0.3, -0.25) is 0 Å². The molecule has 1 unspecified atom stereocenters. The lowest BCUT2D eigenvalue weighted by Gasteiger charge is -2.25. The number of imidazole rings is 1. The molecule has 0 spiro atoms. The largest absolute Gasteiger partial charge is 0.324 e. The predicted octanol–water partition coefficient (Wildman–Crippen LogP) is 5.53. The van der Waals surface area contributed by atoms with E-state index in [4.69, 9.17) is 11.6 Å². The van der Waals surface area contributed by atoms with Gasteiger partial charge in [-0.2, -0.15) is 0 Å². The summed E-state index contributed by atoms with van der Waals surface area (Å²) in [7, 11) is 0. The van der Waals surface area contributed by atoms with Crippen LogP contribution in [-0.2, 0) is 5.88 Å². The summed E-state index contributed by atoms with van der Waals surface area (Å²) in [5, 5.41) is 0. The molecule has 2 nitrogen and oxygen atoms in total. The normalized spacial score (nSPS) is 13.4. The van der Waals surface area contributed by atoms with Crippen molar-refractivity contribution in [2.75, 3.05) is 0 Å². The highest BCUT2D eigenvalue weighted by Gasteiger charge is 2.21. The lowest BCUT2D eigenvalue weighted by molar-refractivity contribution is 0.334. The molecular weight excluding hydrogens is 324 g/mol. The molecule has 0 fully saturated rings. The van der Waals surface area contributed by atoms with E-state index in [1.54, 1.807) is 0 Å². The van der Waals surface area contributed by atoms with Crippen LogP contribution in [0, 0.1) is 5.92 Å². The molecule has 2 rings (SSSR count). The molecule has 1 heterocycles. The SMILES string of the molecule is CCC(CC)C(C)n1c(CCl)nc2cc(Br)ccc21. The van der Waals surface area contributed by atoms with Crippen LogP contribution in [-0.4, -0.2) is 9.55 Å². The molecule has 1 aromatic heterocycles. The smallest absolute Gasteiger partial charge is 0.125 e. The van der Waals surface area contributed by atoms with Crippen molar-refractivity contribution in [3.8, 4) is 0 Å². The third kappa shape index (κ3) is 2.82. The molecule has 4 heteroatoms. The summed E-state index contributed by atoms with van der Waals surface area (Å²) < 4.78 is 3.37. The van der Waals surface area contributed by atoms with Gasteiger partial charge in [-0.05, 0) is 31.0 Å². The third-order valence-corrected chi connectivity index (χ3v) is 4.71. The van der Waals surface area contributed by atoms with Gasteiger partial charge in [0, 0.05) is 10.5 Å². The highest BCUT2D eigenvalue weighted by molar-refractivity contribution is 9.10. The molecule has 0 aliphatic heterocycles. The Morgan fingerprint density at radius 3 is 2.58 bits per heavy atom. The first-order chi connectivity index (χ1) is 9.12. The fraction of sp³-hybridized carbons (Fsp3) is 0.533.